The van der Waals surface area contributed by atoms with E-state index in [4.69, 9.17) is 0 Å². The van der Waals surface area contributed by atoms with E-state index in [9.17, 15) is 23.1 Å². The summed E-state index contributed by atoms with van der Waals surface area (Å²) in [6, 6.07) is 0. The first-order valence-electron chi connectivity index (χ1n) is 4.51. The monoisotopic (exact) mass is 289 g/mol. The minimum absolute atomic E-state index is 0.142. The molecule has 1 fully saturated rings. The van der Waals surface area contributed by atoms with E-state index in [0.29, 0.717) is 11.8 Å². The third kappa shape index (κ3) is 3.02. The molecule has 2 N–H and O–H groups in total. The normalized spacial score (nSPS) is 24.1. The van der Waals surface area contributed by atoms with E-state index >= 15 is 0 Å². The molecule has 9 heteroatoms. The maximum absolute atomic E-state index is 12.8. The van der Waals surface area contributed by atoms with Gasteiger partial charge in [0.15, 0.2) is 5.60 Å². The fourth-order valence-electron chi connectivity index (χ4n) is 1.34. The van der Waals surface area contributed by atoms with Crippen LogP contribution in [0.5, 0.6) is 0 Å². The number of halogens is 3. The molecular formula is C8H10F3NO3S2. The number of aliphatic hydroxyl groups is 1. The second-order valence-electron chi connectivity index (χ2n) is 3.45. The number of carbonyl (C=O) groups excluding carboxylic acids is 1. The average Bonchev–Trinajstić information content (AvgIpc) is 2.63. The van der Waals surface area contributed by atoms with Crippen LogP contribution in [0.2, 0.25) is 0 Å². The van der Waals surface area contributed by atoms with Crippen molar-refractivity contribution < 1.29 is 27.8 Å². The van der Waals surface area contributed by atoms with E-state index in [1.165, 1.54) is 0 Å². The van der Waals surface area contributed by atoms with Crippen LogP contribution < -0.4 is 5.32 Å². The highest BCUT2D eigenvalue weighted by atomic mass is 32.2. The van der Waals surface area contributed by atoms with Crippen molar-refractivity contribution in [2.75, 3.05) is 13.7 Å². The van der Waals surface area contributed by atoms with E-state index in [0.717, 1.165) is 7.11 Å². The number of thiocarbonyl (C=S) groups is 1. The van der Waals surface area contributed by atoms with Gasteiger partial charge < -0.3 is 15.2 Å². The molecule has 0 bridgehead atoms. The van der Waals surface area contributed by atoms with Crippen molar-refractivity contribution in [1.29, 1.82) is 0 Å². The van der Waals surface area contributed by atoms with Gasteiger partial charge >= 0.3 is 12.1 Å². The lowest BCUT2D eigenvalue weighted by molar-refractivity contribution is -0.261. The van der Waals surface area contributed by atoms with Gasteiger partial charge in [-0.3, -0.25) is 4.79 Å². The molecule has 0 aliphatic carbocycles. The summed E-state index contributed by atoms with van der Waals surface area (Å²) in [5, 5.41) is 11.0. The third-order valence-corrected chi connectivity index (χ3v) is 3.98. The van der Waals surface area contributed by atoms with Gasteiger partial charge in [0.05, 0.1) is 18.8 Å². The summed E-state index contributed by atoms with van der Waals surface area (Å²) >= 11 is 5.38. The van der Waals surface area contributed by atoms with Crippen molar-refractivity contribution in [3.63, 3.8) is 0 Å². The molecule has 0 aromatic rings. The minimum atomic E-state index is -4.93. The van der Waals surface area contributed by atoms with Crippen molar-refractivity contribution in [2.45, 2.75) is 23.4 Å². The summed E-state index contributed by atoms with van der Waals surface area (Å²) in [4.78, 5) is 11.0. The van der Waals surface area contributed by atoms with Crippen molar-refractivity contribution in [3.8, 4) is 0 Å². The summed E-state index contributed by atoms with van der Waals surface area (Å²) in [5.74, 6) is -1.12. The fourth-order valence-corrected chi connectivity index (χ4v) is 2.78. The maximum atomic E-state index is 12.8. The number of esters is 1. The van der Waals surface area contributed by atoms with Gasteiger partial charge in [-0.05, 0) is 0 Å². The summed E-state index contributed by atoms with van der Waals surface area (Å²) in [6.45, 7) is -0.142. The quantitative estimate of drug-likeness (QED) is 0.593. The molecule has 1 aliphatic rings. The Kier molecular flexibility index (Phi) is 4.26. The average molecular weight is 289 g/mol. The van der Waals surface area contributed by atoms with Crippen LogP contribution in [0.25, 0.3) is 0 Å². The molecule has 1 rings (SSSR count). The number of rotatable bonds is 3. The number of thioether (sulfide) groups is 1. The van der Waals surface area contributed by atoms with Crippen LogP contribution in [0.15, 0.2) is 0 Å². The Labute approximate surface area is 105 Å². The van der Waals surface area contributed by atoms with Crippen molar-refractivity contribution in [2.24, 2.45) is 0 Å². The third-order valence-electron chi connectivity index (χ3n) is 2.35. The fraction of sp³-hybridized carbons (Fsp3) is 0.750. The summed E-state index contributed by atoms with van der Waals surface area (Å²) in [6.07, 6.45) is -6.07. The van der Waals surface area contributed by atoms with Crippen LogP contribution in [-0.2, 0) is 9.53 Å². The summed E-state index contributed by atoms with van der Waals surface area (Å²) in [5.41, 5.74) is -3.14. The molecule has 2 unspecified atom stereocenters. The van der Waals surface area contributed by atoms with Crippen LogP contribution in [0.4, 0.5) is 13.2 Å². The molecule has 0 amide bonds. The van der Waals surface area contributed by atoms with Crippen molar-refractivity contribution in [1.82, 2.24) is 5.32 Å². The van der Waals surface area contributed by atoms with Gasteiger partial charge in [0.1, 0.15) is 4.32 Å². The smallest absolute Gasteiger partial charge is 0.418 e. The molecule has 17 heavy (non-hydrogen) atoms. The number of nitrogens with one attached hydrogen (secondary N) is 1. The van der Waals surface area contributed by atoms with Gasteiger partial charge in [-0.25, -0.2) is 0 Å². The number of hydrogen-bond donors (Lipinski definition) is 2. The SMILES string of the molecule is COC(=O)CC(O)(C1CNC(=S)S1)C(F)(F)F. The van der Waals surface area contributed by atoms with E-state index in [2.05, 4.69) is 22.3 Å². The van der Waals surface area contributed by atoms with Gasteiger partial charge in [-0.1, -0.05) is 24.0 Å². The zero-order valence-corrected chi connectivity index (χ0v) is 10.3. The number of ether oxygens (including phenoxy) is 1. The standard InChI is InChI=1S/C8H10F3NO3S2/c1-15-5(13)2-7(14,8(9,10)11)4-3-12-6(16)17-4/h4,14H,2-3H2,1H3,(H,12,16). The predicted octanol–water partition coefficient (Wildman–Crippen LogP) is 0.833. The Balaban J connectivity index is 2.94. The number of alkyl halides is 3. The summed E-state index contributed by atoms with van der Waals surface area (Å²) < 4.78 is 42.8. The molecular weight excluding hydrogens is 279 g/mol. The predicted molar refractivity (Wildman–Crippen MR) is 59.6 cm³/mol. The Morgan fingerprint density at radius 1 is 1.71 bits per heavy atom. The first-order chi connectivity index (χ1) is 7.70. The van der Waals surface area contributed by atoms with Crippen LogP contribution in [0, 0.1) is 0 Å². The molecule has 0 spiro atoms. The van der Waals surface area contributed by atoms with E-state index in [1.54, 1.807) is 0 Å². The number of carbonyl (C=O) groups is 1. The number of hydrogen-bond acceptors (Lipinski definition) is 5. The molecule has 0 aromatic heterocycles. The largest absolute Gasteiger partial charge is 0.469 e. The van der Waals surface area contributed by atoms with Gasteiger partial charge in [-0.2, -0.15) is 13.2 Å². The molecule has 98 valence electrons. The Hall–Kier alpha value is -0.540. The second kappa shape index (κ2) is 4.99. The van der Waals surface area contributed by atoms with E-state index in [-0.39, 0.29) is 10.9 Å². The molecule has 1 heterocycles. The highest BCUT2D eigenvalue weighted by Gasteiger charge is 2.61. The molecule has 0 aromatic carbocycles. The summed E-state index contributed by atoms with van der Waals surface area (Å²) in [7, 11) is 0.962. The first-order valence-corrected chi connectivity index (χ1v) is 5.80. The molecule has 1 aliphatic heterocycles. The van der Waals surface area contributed by atoms with Gasteiger partial charge in [0, 0.05) is 6.54 Å². The Morgan fingerprint density at radius 2 is 2.29 bits per heavy atom. The van der Waals surface area contributed by atoms with Gasteiger partial charge in [0.25, 0.3) is 0 Å². The topological polar surface area (TPSA) is 58.6 Å². The van der Waals surface area contributed by atoms with Crippen LogP contribution in [-0.4, -0.2) is 46.1 Å². The zero-order chi connectivity index (χ0) is 13.3. The molecule has 0 saturated carbocycles. The Bertz CT molecular complexity index is 336. The molecule has 2 atom stereocenters. The second-order valence-corrected chi connectivity index (χ2v) is 5.33. The van der Waals surface area contributed by atoms with Crippen LogP contribution >= 0.6 is 24.0 Å². The van der Waals surface area contributed by atoms with Crippen molar-refractivity contribution >= 4 is 34.3 Å². The van der Waals surface area contributed by atoms with Gasteiger partial charge in [-0.15, -0.1) is 0 Å². The van der Waals surface area contributed by atoms with Crippen LogP contribution in [0.1, 0.15) is 6.42 Å². The van der Waals surface area contributed by atoms with Crippen LogP contribution in [0.3, 0.4) is 0 Å². The lowest BCUT2D eigenvalue weighted by Crippen LogP contribution is -2.55. The van der Waals surface area contributed by atoms with E-state index in [1.807, 2.05) is 0 Å². The van der Waals surface area contributed by atoms with E-state index < -0.39 is 29.4 Å². The van der Waals surface area contributed by atoms with Gasteiger partial charge in [0.2, 0.25) is 0 Å². The highest BCUT2D eigenvalue weighted by Crippen LogP contribution is 2.42. The molecule has 0 radical (unpaired) electrons. The first kappa shape index (κ1) is 14.5. The van der Waals surface area contributed by atoms with Crippen molar-refractivity contribution in [3.05, 3.63) is 0 Å². The lowest BCUT2D eigenvalue weighted by Gasteiger charge is -2.33. The molecule has 1 saturated heterocycles. The highest BCUT2D eigenvalue weighted by molar-refractivity contribution is 8.23. The Morgan fingerprint density at radius 3 is 2.65 bits per heavy atom. The molecule has 4 nitrogen and oxygen atoms in total. The number of methoxy groups -OCH3 is 1. The maximum Gasteiger partial charge on any atom is 0.418 e. The lowest BCUT2D eigenvalue weighted by atomic mass is 9.94. The minimum Gasteiger partial charge on any atom is -0.469 e. The zero-order valence-electron chi connectivity index (χ0n) is 8.71.